The highest BCUT2D eigenvalue weighted by Gasteiger charge is 2.12. The van der Waals surface area contributed by atoms with Crippen LogP contribution in [0.3, 0.4) is 0 Å². The van der Waals surface area contributed by atoms with Crippen molar-refractivity contribution in [2.75, 3.05) is 13.7 Å². The molecule has 0 saturated heterocycles. The van der Waals surface area contributed by atoms with Gasteiger partial charge >= 0.3 is 0 Å². The minimum absolute atomic E-state index is 0.455. The molecule has 0 aliphatic carbocycles. The van der Waals surface area contributed by atoms with Crippen LogP contribution in [0.15, 0.2) is 59.8 Å². The molecule has 0 amide bonds. The maximum Gasteiger partial charge on any atom is 0.231 e. The fourth-order valence-electron chi connectivity index (χ4n) is 3.25. The van der Waals surface area contributed by atoms with E-state index in [9.17, 15) is 0 Å². The zero-order valence-electron chi connectivity index (χ0n) is 16.0. The standard InChI is InChI=1S/C22H21ClN4O2/c1-14(24-10-9-16-13-25-19-8-7-17(23)12-18(16)19)22-26-21(29-27-22)11-15-5-3-4-6-20(15)28-2/h3-8,12-13,24-25H,1,9-11H2,2H3. The number of hydrogen-bond donors (Lipinski definition) is 2. The van der Waals surface area contributed by atoms with E-state index in [-0.39, 0.29) is 0 Å². The molecule has 0 bridgehead atoms. The van der Waals surface area contributed by atoms with Gasteiger partial charge in [0.25, 0.3) is 0 Å². The van der Waals surface area contributed by atoms with E-state index >= 15 is 0 Å². The van der Waals surface area contributed by atoms with E-state index in [4.69, 9.17) is 20.9 Å². The predicted octanol–water partition coefficient (Wildman–Crippen LogP) is 4.61. The summed E-state index contributed by atoms with van der Waals surface area (Å²) in [7, 11) is 1.64. The molecule has 0 fully saturated rings. The minimum Gasteiger partial charge on any atom is -0.496 e. The first-order valence-corrected chi connectivity index (χ1v) is 9.65. The first kappa shape index (κ1) is 19.1. The van der Waals surface area contributed by atoms with Gasteiger partial charge in [0.15, 0.2) is 0 Å². The van der Waals surface area contributed by atoms with Gasteiger partial charge in [0.2, 0.25) is 11.7 Å². The monoisotopic (exact) mass is 408 g/mol. The van der Waals surface area contributed by atoms with Gasteiger partial charge in [-0.15, -0.1) is 0 Å². The number of rotatable bonds is 8. The molecule has 4 aromatic rings. The average molecular weight is 409 g/mol. The molecular formula is C22H21ClN4O2. The van der Waals surface area contributed by atoms with Crippen LogP contribution >= 0.6 is 11.6 Å². The number of fused-ring (bicyclic) bond motifs is 1. The summed E-state index contributed by atoms with van der Waals surface area (Å²) in [4.78, 5) is 7.70. The predicted molar refractivity (Wildman–Crippen MR) is 114 cm³/mol. The van der Waals surface area contributed by atoms with Crippen LogP contribution in [0.1, 0.15) is 22.8 Å². The Balaban J connectivity index is 1.36. The Bertz CT molecular complexity index is 1150. The minimum atomic E-state index is 0.455. The summed E-state index contributed by atoms with van der Waals surface area (Å²) in [5.74, 6) is 1.76. The highest BCUT2D eigenvalue weighted by molar-refractivity contribution is 6.31. The molecule has 2 aromatic carbocycles. The van der Waals surface area contributed by atoms with E-state index in [1.807, 2.05) is 48.7 Å². The van der Waals surface area contributed by atoms with E-state index in [0.29, 0.717) is 30.4 Å². The quantitative estimate of drug-likeness (QED) is 0.445. The van der Waals surface area contributed by atoms with E-state index in [1.165, 1.54) is 5.56 Å². The van der Waals surface area contributed by atoms with Crippen molar-refractivity contribution in [3.8, 4) is 5.75 Å². The third-order valence-electron chi connectivity index (χ3n) is 4.73. The summed E-state index contributed by atoms with van der Waals surface area (Å²) >= 11 is 6.11. The van der Waals surface area contributed by atoms with Crippen LogP contribution in [0.25, 0.3) is 16.6 Å². The molecule has 6 nitrogen and oxygen atoms in total. The molecule has 148 valence electrons. The van der Waals surface area contributed by atoms with Crippen LogP contribution < -0.4 is 10.1 Å². The topological polar surface area (TPSA) is 76.0 Å². The number of benzene rings is 2. The molecule has 0 spiro atoms. The van der Waals surface area contributed by atoms with Crippen LogP contribution in [-0.4, -0.2) is 28.8 Å². The lowest BCUT2D eigenvalue weighted by molar-refractivity contribution is 0.377. The molecule has 0 aliphatic rings. The van der Waals surface area contributed by atoms with Crippen LogP contribution in [0.2, 0.25) is 5.02 Å². The number of aromatic amines is 1. The van der Waals surface area contributed by atoms with Crippen LogP contribution in [0, 0.1) is 0 Å². The molecule has 29 heavy (non-hydrogen) atoms. The number of para-hydroxylation sites is 1. The second-order valence-corrected chi connectivity index (χ2v) is 7.10. The largest absolute Gasteiger partial charge is 0.496 e. The van der Waals surface area contributed by atoms with Crippen molar-refractivity contribution in [3.63, 3.8) is 0 Å². The lowest BCUT2D eigenvalue weighted by atomic mass is 10.1. The Kier molecular flexibility index (Phi) is 5.53. The number of H-pyrrole nitrogens is 1. The van der Waals surface area contributed by atoms with Crippen molar-refractivity contribution in [2.45, 2.75) is 12.8 Å². The maximum atomic E-state index is 6.11. The third kappa shape index (κ3) is 4.27. The van der Waals surface area contributed by atoms with Crippen molar-refractivity contribution in [1.82, 2.24) is 20.4 Å². The van der Waals surface area contributed by atoms with Crippen LogP contribution in [0.5, 0.6) is 5.75 Å². The Morgan fingerprint density at radius 1 is 1.24 bits per heavy atom. The summed E-state index contributed by atoms with van der Waals surface area (Å²) in [5, 5.41) is 9.15. The van der Waals surface area contributed by atoms with Gasteiger partial charge in [-0.1, -0.05) is 41.5 Å². The summed E-state index contributed by atoms with van der Waals surface area (Å²) in [6.07, 6.45) is 3.32. The lowest BCUT2D eigenvalue weighted by Gasteiger charge is -2.06. The summed E-state index contributed by atoms with van der Waals surface area (Å²) in [6.45, 7) is 4.71. The van der Waals surface area contributed by atoms with Crippen molar-refractivity contribution in [1.29, 1.82) is 0 Å². The van der Waals surface area contributed by atoms with Gasteiger partial charge in [0, 0.05) is 34.2 Å². The zero-order valence-corrected chi connectivity index (χ0v) is 16.8. The Hall–Kier alpha value is -3.25. The van der Waals surface area contributed by atoms with Crippen LogP contribution in [-0.2, 0) is 12.8 Å². The van der Waals surface area contributed by atoms with E-state index in [2.05, 4.69) is 27.0 Å². The van der Waals surface area contributed by atoms with Crippen LogP contribution in [0.4, 0.5) is 0 Å². The van der Waals surface area contributed by atoms with Crippen molar-refractivity contribution in [2.24, 2.45) is 0 Å². The number of hydrogen-bond acceptors (Lipinski definition) is 5. The van der Waals surface area contributed by atoms with E-state index < -0.39 is 0 Å². The molecular weight excluding hydrogens is 388 g/mol. The smallest absolute Gasteiger partial charge is 0.231 e. The highest BCUT2D eigenvalue weighted by atomic mass is 35.5. The zero-order chi connectivity index (χ0) is 20.2. The number of ether oxygens (including phenoxy) is 1. The highest BCUT2D eigenvalue weighted by Crippen LogP contribution is 2.23. The van der Waals surface area contributed by atoms with Gasteiger partial charge < -0.3 is 19.6 Å². The number of aromatic nitrogens is 3. The number of nitrogens with zero attached hydrogens (tertiary/aromatic N) is 2. The molecule has 0 radical (unpaired) electrons. The molecule has 4 rings (SSSR count). The summed E-state index contributed by atoms with van der Waals surface area (Å²) in [5.41, 5.74) is 3.87. The Morgan fingerprint density at radius 3 is 2.97 bits per heavy atom. The van der Waals surface area contributed by atoms with E-state index in [1.54, 1.807) is 7.11 Å². The molecule has 0 saturated carbocycles. The second kappa shape index (κ2) is 8.41. The third-order valence-corrected chi connectivity index (χ3v) is 4.97. The molecule has 2 aromatic heterocycles. The molecule has 0 atom stereocenters. The Labute approximate surface area is 173 Å². The van der Waals surface area contributed by atoms with E-state index in [0.717, 1.165) is 33.7 Å². The maximum absolute atomic E-state index is 6.11. The first-order valence-electron chi connectivity index (χ1n) is 9.27. The average Bonchev–Trinajstić information content (AvgIpc) is 3.35. The second-order valence-electron chi connectivity index (χ2n) is 6.66. The van der Waals surface area contributed by atoms with Crippen molar-refractivity contribution >= 4 is 28.2 Å². The number of nitrogens with one attached hydrogen (secondary N) is 2. The van der Waals surface area contributed by atoms with Gasteiger partial charge in [-0.25, -0.2) is 0 Å². The van der Waals surface area contributed by atoms with Crippen molar-refractivity contribution in [3.05, 3.63) is 83.1 Å². The SMILES string of the molecule is C=C(NCCc1c[nH]c2ccc(Cl)cc12)c1noc(Cc2ccccc2OC)n1. The Morgan fingerprint density at radius 2 is 2.10 bits per heavy atom. The first-order chi connectivity index (χ1) is 14.1. The molecule has 0 aliphatic heterocycles. The normalized spacial score (nSPS) is 11.0. The fraction of sp³-hybridized carbons (Fsp3) is 0.182. The molecule has 0 unspecified atom stereocenters. The number of halogens is 1. The molecule has 7 heteroatoms. The lowest BCUT2D eigenvalue weighted by Crippen LogP contribution is -2.15. The van der Waals surface area contributed by atoms with Gasteiger partial charge in [0.05, 0.1) is 19.2 Å². The van der Waals surface area contributed by atoms with Gasteiger partial charge in [-0.3, -0.25) is 0 Å². The van der Waals surface area contributed by atoms with Crippen molar-refractivity contribution < 1.29 is 9.26 Å². The van der Waals surface area contributed by atoms with Gasteiger partial charge in [0.1, 0.15) is 5.75 Å². The molecule has 2 heterocycles. The fourth-order valence-corrected chi connectivity index (χ4v) is 3.42. The summed E-state index contributed by atoms with van der Waals surface area (Å²) in [6, 6.07) is 13.6. The van der Waals surface area contributed by atoms with Gasteiger partial charge in [-0.05, 0) is 36.2 Å². The number of methoxy groups -OCH3 is 1. The van der Waals surface area contributed by atoms with Gasteiger partial charge in [-0.2, -0.15) is 4.98 Å². The summed E-state index contributed by atoms with van der Waals surface area (Å²) < 4.78 is 10.7. The molecule has 2 N–H and O–H groups in total.